The number of amides is 1. The highest BCUT2D eigenvalue weighted by Crippen LogP contribution is 2.17. The van der Waals surface area contributed by atoms with Crippen LogP contribution >= 0.6 is 24.0 Å². The lowest BCUT2D eigenvalue weighted by molar-refractivity contribution is -0.128. The topological polar surface area (TPSA) is 66.0 Å². The zero-order valence-electron chi connectivity index (χ0n) is 18.1. The highest BCUT2D eigenvalue weighted by molar-refractivity contribution is 14.0. The predicted molar refractivity (Wildman–Crippen MR) is 130 cm³/mol. The first-order valence-electron chi connectivity index (χ1n) is 10.5. The Hall–Kier alpha value is -1.35. The average molecular weight is 516 g/mol. The molecule has 1 aromatic carbocycles. The van der Waals surface area contributed by atoms with Gasteiger partial charge in [0.05, 0.1) is 13.2 Å². The van der Waals surface area contributed by atoms with Crippen molar-refractivity contribution in [2.24, 2.45) is 10.9 Å². The summed E-state index contributed by atoms with van der Waals surface area (Å²) in [6.07, 6.45) is 2.73. The molecule has 6 nitrogen and oxygen atoms in total. The number of ether oxygens (including phenoxy) is 1. The van der Waals surface area contributed by atoms with E-state index in [1.165, 1.54) is 5.56 Å². The summed E-state index contributed by atoms with van der Waals surface area (Å²) in [5.74, 6) is 1.72. The number of nitrogens with one attached hydrogen (secondary N) is 2. The molecule has 0 spiro atoms. The van der Waals surface area contributed by atoms with E-state index in [0.29, 0.717) is 32.0 Å². The minimum absolute atomic E-state index is 0. The SMILES string of the molecule is CCNC(=NCc1ccccc1CN1CCCC1=O)NCCOCCC(C)C.I. The molecule has 0 aromatic heterocycles. The number of benzene rings is 1. The summed E-state index contributed by atoms with van der Waals surface area (Å²) >= 11 is 0. The summed E-state index contributed by atoms with van der Waals surface area (Å²) < 4.78 is 5.66. The van der Waals surface area contributed by atoms with E-state index in [4.69, 9.17) is 9.73 Å². The summed E-state index contributed by atoms with van der Waals surface area (Å²) in [4.78, 5) is 18.6. The molecule has 1 aliphatic heterocycles. The van der Waals surface area contributed by atoms with Crippen molar-refractivity contribution in [3.8, 4) is 0 Å². The van der Waals surface area contributed by atoms with Crippen LogP contribution in [0.5, 0.6) is 0 Å². The number of hydrogen-bond acceptors (Lipinski definition) is 3. The van der Waals surface area contributed by atoms with Gasteiger partial charge in [-0.05, 0) is 36.8 Å². The fraction of sp³-hybridized carbons (Fsp3) is 0.636. The number of carbonyl (C=O) groups excluding carboxylic acids is 1. The second-order valence-electron chi connectivity index (χ2n) is 7.60. The molecule has 29 heavy (non-hydrogen) atoms. The molecule has 164 valence electrons. The molecule has 1 amide bonds. The second-order valence-corrected chi connectivity index (χ2v) is 7.60. The number of guanidine groups is 1. The van der Waals surface area contributed by atoms with Crippen molar-refractivity contribution in [3.63, 3.8) is 0 Å². The highest BCUT2D eigenvalue weighted by atomic mass is 127. The Morgan fingerprint density at radius 3 is 2.62 bits per heavy atom. The summed E-state index contributed by atoms with van der Waals surface area (Å²) in [6.45, 7) is 11.6. The molecule has 1 aromatic rings. The smallest absolute Gasteiger partial charge is 0.222 e. The summed E-state index contributed by atoms with van der Waals surface area (Å²) in [5, 5.41) is 6.61. The molecule has 2 N–H and O–H groups in total. The lowest BCUT2D eigenvalue weighted by atomic mass is 10.1. The Morgan fingerprint density at radius 2 is 1.97 bits per heavy atom. The van der Waals surface area contributed by atoms with Crippen LogP contribution in [0.25, 0.3) is 0 Å². The van der Waals surface area contributed by atoms with Crippen LogP contribution in [0.3, 0.4) is 0 Å². The van der Waals surface area contributed by atoms with E-state index in [0.717, 1.165) is 50.6 Å². The van der Waals surface area contributed by atoms with Crippen LogP contribution in [0.2, 0.25) is 0 Å². The van der Waals surface area contributed by atoms with Gasteiger partial charge in [0.15, 0.2) is 5.96 Å². The highest BCUT2D eigenvalue weighted by Gasteiger charge is 2.20. The zero-order chi connectivity index (χ0) is 20.2. The number of likely N-dealkylation sites (tertiary alicyclic amines) is 1. The molecule has 0 unspecified atom stereocenters. The molecule has 0 aliphatic carbocycles. The van der Waals surface area contributed by atoms with Gasteiger partial charge in [-0.15, -0.1) is 24.0 Å². The van der Waals surface area contributed by atoms with Crippen molar-refractivity contribution in [3.05, 3.63) is 35.4 Å². The fourth-order valence-corrected chi connectivity index (χ4v) is 3.11. The summed E-state index contributed by atoms with van der Waals surface area (Å²) in [5.41, 5.74) is 2.34. The Labute approximate surface area is 192 Å². The van der Waals surface area contributed by atoms with Crippen molar-refractivity contribution in [2.75, 3.05) is 32.8 Å². The van der Waals surface area contributed by atoms with Gasteiger partial charge in [-0.3, -0.25) is 4.79 Å². The van der Waals surface area contributed by atoms with Crippen LogP contribution in [0.1, 0.15) is 51.2 Å². The first-order chi connectivity index (χ1) is 13.6. The molecule has 1 fully saturated rings. The third-order valence-corrected chi connectivity index (χ3v) is 4.78. The van der Waals surface area contributed by atoms with E-state index >= 15 is 0 Å². The van der Waals surface area contributed by atoms with Gasteiger partial charge in [0.25, 0.3) is 0 Å². The van der Waals surface area contributed by atoms with Gasteiger partial charge in [-0.1, -0.05) is 38.1 Å². The van der Waals surface area contributed by atoms with E-state index in [1.807, 2.05) is 17.0 Å². The van der Waals surface area contributed by atoms with Crippen LogP contribution < -0.4 is 10.6 Å². The van der Waals surface area contributed by atoms with Crippen molar-refractivity contribution in [1.29, 1.82) is 0 Å². The molecular formula is C22H37IN4O2. The molecule has 1 heterocycles. The molecular weight excluding hydrogens is 479 g/mol. The van der Waals surface area contributed by atoms with Crippen molar-refractivity contribution < 1.29 is 9.53 Å². The monoisotopic (exact) mass is 516 g/mol. The maximum Gasteiger partial charge on any atom is 0.222 e. The molecule has 0 saturated carbocycles. The Balaban J connectivity index is 0.00000420. The largest absolute Gasteiger partial charge is 0.380 e. The number of aliphatic imine (C=N–C) groups is 1. The first-order valence-corrected chi connectivity index (χ1v) is 10.5. The van der Waals surface area contributed by atoms with Crippen LogP contribution in [0, 0.1) is 5.92 Å². The minimum atomic E-state index is 0. The Bertz CT molecular complexity index is 637. The van der Waals surface area contributed by atoms with Gasteiger partial charge < -0.3 is 20.3 Å². The van der Waals surface area contributed by atoms with Gasteiger partial charge in [0.1, 0.15) is 0 Å². The predicted octanol–water partition coefficient (Wildman–Crippen LogP) is 3.54. The molecule has 2 rings (SSSR count). The molecule has 0 radical (unpaired) electrons. The molecule has 1 saturated heterocycles. The van der Waals surface area contributed by atoms with Crippen LogP contribution in [-0.2, 0) is 22.6 Å². The van der Waals surface area contributed by atoms with Crippen molar-refractivity contribution in [2.45, 2.75) is 53.1 Å². The number of rotatable bonds is 11. The van der Waals surface area contributed by atoms with Crippen LogP contribution in [0.15, 0.2) is 29.3 Å². The van der Waals surface area contributed by atoms with Crippen molar-refractivity contribution in [1.82, 2.24) is 15.5 Å². The number of halogens is 1. The summed E-state index contributed by atoms with van der Waals surface area (Å²) in [7, 11) is 0. The molecule has 0 atom stereocenters. The lowest BCUT2D eigenvalue weighted by Gasteiger charge is -2.18. The minimum Gasteiger partial charge on any atom is -0.380 e. The van der Waals surface area contributed by atoms with E-state index in [-0.39, 0.29) is 29.9 Å². The van der Waals surface area contributed by atoms with Crippen LogP contribution in [0.4, 0.5) is 0 Å². The van der Waals surface area contributed by atoms with Gasteiger partial charge in [-0.2, -0.15) is 0 Å². The van der Waals surface area contributed by atoms with Gasteiger partial charge in [0.2, 0.25) is 5.91 Å². The number of carbonyl (C=O) groups is 1. The van der Waals surface area contributed by atoms with E-state index in [1.54, 1.807) is 0 Å². The van der Waals surface area contributed by atoms with E-state index < -0.39 is 0 Å². The average Bonchev–Trinajstić information content (AvgIpc) is 3.08. The van der Waals surface area contributed by atoms with Gasteiger partial charge >= 0.3 is 0 Å². The second kappa shape index (κ2) is 14.6. The standard InChI is InChI=1S/C22H36N4O2.HI/c1-4-23-22(24-12-15-28-14-11-18(2)3)25-16-19-8-5-6-9-20(19)17-26-13-7-10-21(26)27;/h5-6,8-9,18H,4,7,10-17H2,1-3H3,(H2,23,24,25);1H. The zero-order valence-corrected chi connectivity index (χ0v) is 20.4. The molecule has 1 aliphatic rings. The third kappa shape index (κ3) is 9.80. The van der Waals surface area contributed by atoms with Gasteiger partial charge in [0, 0.05) is 39.2 Å². The quantitative estimate of drug-likeness (QED) is 0.205. The van der Waals surface area contributed by atoms with Crippen molar-refractivity contribution >= 4 is 35.8 Å². The third-order valence-electron chi connectivity index (χ3n) is 4.78. The summed E-state index contributed by atoms with van der Waals surface area (Å²) in [6, 6.07) is 8.25. The first kappa shape index (κ1) is 25.7. The fourth-order valence-electron chi connectivity index (χ4n) is 3.11. The van der Waals surface area contributed by atoms with Crippen LogP contribution in [-0.4, -0.2) is 49.6 Å². The van der Waals surface area contributed by atoms with E-state index in [2.05, 4.69) is 43.5 Å². The lowest BCUT2D eigenvalue weighted by Crippen LogP contribution is -2.39. The maximum absolute atomic E-state index is 11.9. The molecule has 7 heteroatoms. The normalized spacial score (nSPS) is 14.3. The Kier molecular flexibility index (Phi) is 12.9. The van der Waals surface area contributed by atoms with E-state index in [9.17, 15) is 4.79 Å². The number of hydrogen-bond donors (Lipinski definition) is 2. The van der Waals surface area contributed by atoms with Gasteiger partial charge in [-0.25, -0.2) is 4.99 Å². The Morgan fingerprint density at radius 1 is 1.21 bits per heavy atom. The molecule has 0 bridgehead atoms. The number of nitrogens with zero attached hydrogens (tertiary/aromatic N) is 2. The maximum atomic E-state index is 11.9.